The second-order valence-corrected chi connectivity index (χ2v) is 5.72. The van der Waals surface area contributed by atoms with Crippen molar-refractivity contribution in [1.29, 1.82) is 0 Å². The van der Waals surface area contributed by atoms with Gasteiger partial charge in [0.2, 0.25) is 5.88 Å². The largest absolute Gasteiger partial charge is 0.471 e. The summed E-state index contributed by atoms with van der Waals surface area (Å²) < 4.78 is 5.69. The third-order valence-corrected chi connectivity index (χ3v) is 3.79. The average Bonchev–Trinajstić information content (AvgIpc) is 2.56. The molecule has 0 aromatic carbocycles. The van der Waals surface area contributed by atoms with Crippen molar-refractivity contribution in [2.45, 2.75) is 25.5 Å². The molecule has 0 unspecified atom stereocenters. The van der Waals surface area contributed by atoms with Crippen molar-refractivity contribution in [1.82, 2.24) is 15.3 Å². The lowest BCUT2D eigenvalue weighted by atomic mass is 10.1. The smallest absolute Gasteiger partial charge is 0.215 e. The van der Waals surface area contributed by atoms with Crippen molar-refractivity contribution in [3.8, 4) is 5.88 Å². The fraction of sp³-hybridized carbons (Fsp3) is 0.375. The van der Waals surface area contributed by atoms with E-state index in [2.05, 4.69) is 20.6 Å². The van der Waals surface area contributed by atoms with E-state index in [0.717, 1.165) is 37.4 Å². The second-order valence-electron chi connectivity index (χ2n) is 5.29. The Morgan fingerprint density at radius 3 is 2.86 bits per heavy atom. The molecule has 3 rings (SSSR count). The van der Waals surface area contributed by atoms with Crippen LogP contribution in [0.2, 0.25) is 5.02 Å². The Morgan fingerprint density at radius 2 is 2.09 bits per heavy atom. The van der Waals surface area contributed by atoms with Gasteiger partial charge >= 0.3 is 0 Å². The van der Waals surface area contributed by atoms with Crippen LogP contribution in [0.3, 0.4) is 0 Å². The minimum atomic E-state index is 0.376. The van der Waals surface area contributed by atoms with E-state index in [1.807, 2.05) is 24.3 Å². The Morgan fingerprint density at radius 1 is 1.23 bits per heavy atom. The zero-order valence-electron chi connectivity index (χ0n) is 12.3. The Hall–Kier alpha value is -1.85. The van der Waals surface area contributed by atoms with Crippen molar-refractivity contribution in [3.63, 3.8) is 0 Å². The fourth-order valence-electron chi connectivity index (χ4n) is 2.39. The van der Waals surface area contributed by atoms with Gasteiger partial charge in [-0.05, 0) is 44.1 Å². The lowest BCUT2D eigenvalue weighted by Crippen LogP contribution is -2.35. The van der Waals surface area contributed by atoms with Gasteiger partial charge in [-0.2, -0.15) is 4.98 Å². The second kappa shape index (κ2) is 7.42. The van der Waals surface area contributed by atoms with Crippen LogP contribution in [0.5, 0.6) is 5.88 Å². The number of rotatable bonds is 5. The first-order valence-electron chi connectivity index (χ1n) is 7.47. The SMILES string of the molecule is Clc1ccc(COc2cccc(NC3CCNCC3)n2)nc1. The molecule has 0 radical (unpaired) electrons. The maximum absolute atomic E-state index is 5.81. The molecule has 5 nitrogen and oxygen atoms in total. The van der Waals surface area contributed by atoms with Crippen LogP contribution in [0, 0.1) is 0 Å². The van der Waals surface area contributed by atoms with Gasteiger partial charge in [-0.1, -0.05) is 17.7 Å². The van der Waals surface area contributed by atoms with E-state index in [1.165, 1.54) is 0 Å². The van der Waals surface area contributed by atoms with E-state index in [4.69, 9.17) is 16.3 Å². The summed E-state index contributed by atoms with van der Waals surface area (Å²) in [4.78, 5) is 8.69. The summed E-state index contributed by atoms with van der Waals surface area (Å²) in [5.74, 6) is 1.45. The van der Waals surface area contributed by atoms with Crippen LogP contribution in [-0.4, -0.2) is 29.1 Å². The third kappa shape index (κ3) is 4.32. The van der Waals surface area contributed by atoms with Crippen LogP contribution in [-0.2, 0) is 6.61 Å². The number of aromatic nitrogens is 2. The zero-order valence-corrected chi connectivity index (χ0v) is 13.0. The topological polar surface area (TPSA) is 59.1 Å². The maximum atomic E-state index is 5.81. The Balaban J connectivity index is 1.57. The highest BCUT2D eigenvalue weighted by molar-refractivity contribution is 6.30. The molecule has 22 heavy (non-hydrogen) atoms. The molecule has 1 aliphatic rings. The van der Waals surface area contributed by atoms with Crippen molar-refractivity contribution in [2.24, 2.45) is 0 Å². The Bertz CT molecular complexity index is 599. The maximum Gasteiger partial charge on any atom is 0.215 e. The fourth-order valence-corrected chi connectivity index (χ4v) is 2.50. The van der Waals surface area contributed by atoms with Crippen LogP contribution >= 0.6 is 11.6 Å². The van der Waals surface area contributed by atoms with Gasteiger partial charge in [0.05, 0.1) is 10.7 Å². The molecular formula is C16H19ClN4O. The van der Waals surface area contributed by atoms with Crippen LogP contribution in [0.1, 0.15) is 18.5 Å². The number of anilines is 1. The van der Waals surface area contributed by atoms with Crippen molar-refractivity contribution in [2.75, 3.05) is 18.4 Å². The summed E-state index contributed by atoms with van der Waals surface area (Å²) in [7, 11) is 0. The average molecular weight is 319 g/mol. The minimum absolute atomic E-state index is 0.376. The number of nitrogens with one attached hydrogen (secondary N) is 2. The minimum Gasteiger partial charge on any atom is -0.471 e. The summed E-state index contributed by atoms with van der Waals surface area (Å²) in [6.07, 6.45) is 3.84. The van der Waals surface area contributed by atoms with Crippen LogP contribution in [0.25, 0.3) is 0 Å². The molecule has 0 atom stereocenters. The number of ether oxygens (including phenoxy) is 1. The van der Waals surface area contributed by atoms with E-state index in [-0.39, 0.29) is 0 Å². The molecule has 0 aliphatic carbocycles. The molecule has 0 amide bonds. The first-order valence-corrected chi connectivity index (χ1v) is 7.85. The first-order chi connectivity index (χ1) is 10.8. The summed E-state index contributed by atoms with van der Waals surface area (Å²) in [5, 5.41) is 7.44. The molecule has 2 aromatic rings. The number of halogens is 1. The van der Waals surface area contributed by atoms with Gasteiger partial charge < -0.3 is 15.4 Å². The van der Waals surface area contributed by atoms with Crippen molar-refractivity contribution >= 4 is 17.4 Å². The Labute approximate surface area is 135 Å². The predicted molar refractivity (Wildman–Crippen MR) is 87.3 cm³/mol. The summed E-state index contributed by atoms with van der Waals surface area (Å²) in [5.41, 5.74) is 0.822. The molecule has 2 N–H and O–H groups in total. The molecule has 0 bridgehead atoms. The highest BCUT2D eigenvalue weighted by Gasteiger charge is 2.13. The highest BCUT2D eigenvalue weighted by atomic mass is 35.5. The lowest BCUT2D eigenvalue weighted by Gasteiger charge is -2.24. The van der Waals surface area contributed by atoms with Gasteiger partial charge in [0, 0.05) is 18.3 Å². The molecule has 116 valence electrons. The van der Waals surface area contributed by atoms with Gasteiger partial charge in [0.25, 0.3) is 0 Å². The van der Waals surface area contributed by atoms with E-state index in [0.29, 0.717) is 23.6 Å². The van der Waals surface area contributed by atoms with Gasteiger partial charge in [0.1, 0.15) is 12.4 Å². The quantitative estimate of drug-likeness (QED) is 0.887. The van der Waals surface area contributed by atoms with Crippen LogP contribution < -0.4 is 15.4 Å². The van der Waals surface area contributed by atoms with E-state index < -0.39 is 0 Å². The predicted octanol–water partition coefficient (Wildman–Crippen LogP) is 2.87. The van der Waals surface area contributed by atoms with Gasteiger partial charge in [0.15, 0.2) is 0 Å². The molecule has 0 spiro atoms. The van der Waals surface area contributed by atoms with Crippen molar-refractivity contribution in [3.05, 3.63) is 47.2 Å². The normalized spacial score (nSPS) is 15.5. The number of hydrogen-bond donors (Lipinski definition) is 2. The molecule has 3 heterocycles. The van der Waals surface area contributed by atoms with Gasteiger partial charge in [-0.15, -0.1) is 0 Å². The van der Waals surface area contributed by atoms with E-state index in [1.54, 1.807) is 12.3 Å². The van der Waals surface area contributed by atoms with E-state index >= 15 is 0 Å². The van der Waals surface area contributed by atoms with Crippen LogP contribution in [0.4, 0.5) is 5.82 Å². The molecular weight excluding hydrogens is 300 g/mol. The number of hydrogen-bond acceptors (Lipinski definition) is 5. The molecule has 1 saturated heterocycles. The number of piperidine rings is 1. The van der Waals surface area contributed by atoms with Gasteiger partial charge in [-0.3, -0.25) is 4.98 Å². The summed E-state index contributed by atoms with van der Waals surface area (Å²) in [6, 6.07) is 9.89. The summed E-state index contributed by atoms with van der Waals surface area (Å²) in [6.45, 7) is 2.48. The number of pyridine rings is 2. The summed E-state index contributed by atoms with van der Waals surface area (Å²) >= 11 is 5.81. The molecule has 1 fully saturated rings. The lowest BCUT2D eigenvalue weighted by molar-refractivity contribution is 0.289. The first kappa shape index (κ1) is 15.1. The number of nitrogens with zero attached hydrogens (tertiary/aromatic N) is 2. The molecule has 0 saturated carbocycles. The highest BCUT2D eigenvalue weighted by Crippen LogP contribution is 2.16. The standard InChI is InChI=1S/C16H19ClN4O/c17-12-4-5-14(19-10-12)11-22-16-3-1-2-15(21-16)20-13-6-8-18-9-7-13/h1-5,10,13,18H,6-9,11H2,(H,20,21). The Kier molecular flexibility index (Phi) is 5.08. The molecule has 1 aliphatic heterocycles. The molecule has 6 heteroatoms. The van der Waals surface area contributed by atoms with Gasteiger partial charge in [-0.25, -0.2) is 0 Å². The zero-order chi connectivity index (χ0) is 15.2. The van der Waals surface area contributed by atoms with Crippen molar-refractivity contribution < 1.29 is 4.74 Å². The monoisotopic (exact) mass is 318 g/mol. The third-order valence-electron chi connectivity index (χ3n) is 3.57. The van der Waals surface area contributed by atoms with E-state index in [9.17, 15) is 0 Å². The van der Waals surface area contributed by atoms with Crippen LogP contribution in [0.15, 0.2) is 36.5 Å². The molecule has 2 aromatic heterocycles.